The fourth-order valence-electron chi connectivity index (χ4n) is 0.637. The Labute approximate surface area is 75.8 Å². The molecule has 11 heavy (non-hydrogen) atoms. The summed E-state index contributed by atoms with van der Waals surface area (Å²) in [7, 11) is 0. The molecule has 0 amide bonds. The summed E-state index contributed by atoms with van der Waals surface area (Å²) in [5.41, 5.74) is 6.15. The van der Waals surface area contributed by atoms with E-state index in [-0.39, 0.29) is 4.38 Å². The van der Waals surface area contributed by atoms with Crippen LogP contribution in [0.25, 0.3) is 0 Å². The quantitative estimate of drug-likeness (QED) is 0.398. The van der Waals surface area contributed by atoms with E-state index < -0.39 is 0 Å². The zero-order chi connectivity index (χ0) is 8.27. The predicted molar refractivity (Wildman–Crippen MR) is 53.1 cm³/mol. The zero-order valence-electron chi connectivity index (χ0n) is 5.65. The lowest BCUT2D eigenvalue weighted by atomic mass is 10.3. The number of nitrogens with two attached hydrogens (primary N) is 1. The first-order chi connectivity index (χ1) is 5.18. The molecule has 0 heterocycles. The third-order valence-corrected chi connectivity index (χ3v) is 1.26. The summed E-state index contributed by atoms with van der Waals surface area (Å²) in [6, 6.07) is 6.94. The van der Waals surface area contributed by atoms with Crippen LogP contribution in [0.2, 0.25) is 0 Å². The molecular formula is C7H7NOS2. The number of anilines is 1. The van der Waals surface area contributed by atoms with E-state index in [1.54, 1.807) is 24.3 Å². The Morgan fingerprint density at radius 3 is 2.36 bits per heavy atom. The van der Waals surface area contributed by atoms with E-state index in [0.717, 1.165) is 0 Å². The number of ether oxygens (including phenoxy) is 1. The van der Waals surface area contributed by atoms with Crippen LogP contribution in [0.4, 0.5) is 5.69 Å². The van der Waals surface area contributed by atoms with Crippen LogP contribution in [0.5, 0.6) is 5.75 Å². The molecule has 0 fully saturated rings. The van der Waals surface area contributed by atoms with Crippen LogP contribution in [-0.2, 0) is 0 Å². The smallest absolute Gasteiger partial charge is 0.222 e. The summed E-state index contributed by atoms with van der Waals surface area (Å²) in [4.78, 5) is 0. The van der Waals surface area contributed by atoms with Gasteiger partial charge >= 0.3 is 0 Å². The molecule has 0 bridgehead atoms. The average Bonchev–Trinajstić information content (AvgIpc) is 1.93. The van der Waals surface area contributed by atoms with Gasteiger partial charge in [0.05, 0.1) is 0 Å². The van der Waals surface area contributed by atoms with E-state index in [2.05, 4.69) is 24.8 Å². The monoisotopic (exact) mass is 185 g/mol. The third kappa shape index (κ3) is 2.78. The van der Waals surface area contributed by atoms with Gasteiger partial charge in [0.25, 0.3) is 0 Å². The topological polar surface area (TPSA) is 35.2 Å². The highest BCUT2D eigenvalue weighted by atomic mass is 32.1. The number of nitrogen functional groups attached to an aromatic ring is 1. The van der Waals surface area contributed by atoms with Crippen LogP contribution >= 0.6 is 24.8 Å². The van der Waals surface area contributed by atoms with E-state index in [1.165, 1.54) is 0 Å². The van der Waals surface area contributed by atoms with Gasteiger partial charge in [-0.1, -0.05) is 12.6 Å². The van der Waals surface area contributed by atoms with Crippen LogP contribution in [0.1, 0.15) is 0 Å². The van der Waals surface area contributed by atoms with Crippen molar-refractivity contribution in [1.29, 1.82) is 0 Å². The highest BCUT2D eigenvalue weighted by molar-refractivity contribution is 8.10. The number of thiocarbonyl (C=S) groups is 1. The maximum absolute atomic E-state index is 5.45. The maximum atomic E-state index is 5.45. The molecule has 0 atom stereocenters. The minimum absolute atomic E-state index is 0.203. The van der Waals surface area contributed by atoms with Gasteiger partial charge in [-0.25, -0.2) is 0 Å². The van der Waals surface area contributed by atoms with Gasteiger partial charge < -0.3 is 10.5 Å². The van der Waals surface area contributed by atoms with Gasteiger partial charge in [-0.05, 0) is 36.5 Å². The van der Waals surface area contributed by atoms with Crippen molar-refractivity contribution < 1.29 is 4.74 Å². The van der Waals surface area contributed by atoms with Crippen LogP contribution in [0.3, 0.4) is 0 Å². The molecule has 1 rings (SSSR count). The molecular weight excluding hydrogens is 178 g/mol. The van der Waals surface area contributed by atoms with Crippen molar-refractivity contribution in [3.8, 4) is 5.75 Å². The normalized spacial score (nSPS) is 9.18. The Bertz CT molecular complexity index is 258. The minimum Gasteiger partial charge on any atom is -0.440 e. The zero-order valence-corrected chi connectivity index (χ0v) is 7.36. The van der Waals surface area contributed by atoms with Crippen molar-refractivity contribution in [1.82, 2.24) is 0 Å². The van der Waals surface area contributed by atoms with Crippen LogP contribution < -0.4 is 10.5 Å². The lowest BCUT2D eigenvalue weighted by molar-refractivity contribution is 0.580. The predicted octanol–water partition coefficient (Wildman–Crippen LogP) is 1.86. The van der Waals surface area contributed by atoms with Crippen molar-refractivity contribution >= 4 is 34.9 Å². The molecule has 0 aliphatic carbocycles. The van der Waals surface area contributed by atoms with Crippen molar-refractivity contribution in [3.63, 3.8) is 0 Å². The first-order valence-corrected chi connectivity index (χ1v) is 3.80. The molecule has 1 aromatic carbocycles. The summed E-state index contributed by atoms with van der Waals surface area (Å²) in [5.74, 6) is 0.652. The van der Waals surface area contributed by atoms with Crippen LogP contribution in [0.15, 0.2) is 24.3 Å². The number of rotatable bonds is 1. The van der Waals surface area contributed by atoms with Crippen LogP contribution in [-0.4, -0.2) is 4.38 Å². The van der Waals surface area contributed by atoms with Gasteiger partial charge in [-0.2, -0.15) is 0 Å². The number of hydrogen-bond donors (Lipinski definition) is 2. The lowest BCUT2D eigenvalue weighted by Crippen LogP contribution is -1.95. The van der Waals surface area contributed by atoms with Gasteiger partial charge in [0, 0.05) is 5.69 Å². The number of thiol groups is 1. The van der Waals surface area contributed by atoms with Gasteiger partial charge in [0.15, 0.2) is 0 Å². The molecule has 2 nitrogen and oxygen atoms in total. The summed E-state index contributed by atoms with van der Waals surface area (Å²) in [6.07, 6.45) is 0. The Morgan fingerprint density at radius 2 is 1.91 bits per heavy atom. The maximum Gasteiger partial charge on any atom is 0.222 e. The molecule has 0 saturated carbocycles. The first kappa shape index (κ1) is 8.36. The number of benzene rings is 1. The van der Waals surface area contributed by atoms with Crippen molar-refractivity contribution in [2.45, 2.75) is 0 Å². The Hall–Kier alpha value is -0.740. The first-order valence-electron chi connectivity index (χ1n) is 2.95. The molecule has 0 unspecified atom stereocenters. The Kier molecular flexibility index (Phi) is 2.73. The van der Waals surface area contributed by atoms with Crippen LogP contribution in [0, 0.1) is 0 Å². The molecule has 0 aliphatic heterocycles. The molecule has 0 aromatic heterocycles. The molecule has 0 radical (unpaired) electrons. The average molecular weight is 185 g/mol. The second-order valence-corrected chi connectivity index (χ2v) is 3.02. The van der Waals surface area contributed by atoms with E-state index in [4.69, 9.17) is 10.5 Å². The second-order valence-electron chi connectivity index (χ2n) is 1.94. The van der Waals surface area contributed by atoms with E-state index >= 15 is 0 Å². The van der Waals surface area contributed by atoms with E-state index in [9.17, 15) is 0 Å². The SMILES string of the molecule is Nc1ccc(OC(=S)S)cc1. The molecule has 0 aliphatic rings. The second kappa shape index (κ2) is 3.59. The van der Waals surface area contributed by atoms with E-state index in [0.29, 0.717) is 11.4 Å². The molecule has 0 saturated heterocycles. The third-order valence-electron chi connectivity index (χ3n) is 1.09. The standard InChI is InChI=1S/C7H7NOS2/c8-5-1-3-6(4-2-5)9-7(10)11/h1-4H,8H2,(H,10,11). The Balaban J connectivity index is 2.74. The molecule has 1 aromatic rings. The highest BCUT2D eigenvalue weighted by Crippen LogP contribution is 2.13. The summed E-state index contributed by atoms with van der Waals surface area (Å²) >= 11 is 8.43. The molecule has 2 N–H and O–H groups in total. The minimum atomic E-state index is 0.203. The molecule has 0 spiro atoms. The fourth-order valence-corrected chi connectivity index (χ4v) is 0.838. The van der Waals surface area contributed by atoms with E-state index in [1.807, 2.05) is 0 Å². The van der Waals surface area contributed by atoms with Crippen molar-refractivity contribution in [2.24, 2.45) is 0 Å². The largest absolute Gasteiger partial charge is 0.440 e. The van der Waals surface area contributed by atoms with Crippen molar-refractivity contribution in [2.75, 3.05) is 5.73 Å². The van der Waals surface area contributed by atoms with Crippen molar-refractivity contribution in [3.05, 3.63) is 24.3 Å². The molecule has 58 valence electrons. The summed E-state index contributed by atoms with van der Waals surface area (Å²) in [5, 5.41) is 0. The van der Waals surface area contributed by atoms with Gasteiger partial charge in [0.2, 0.25) is 4.38 Å². The lowest BCUT2D eigenvalue weighted by Gasteiger charge is -2.00. The highest BCUT2D eigenvalue weighted by Gasteiger charge is 1.93. The summed E-state index contributed by atoms with van der Waals surface area (Å²) < 4.78 is 5.21. The molecule has 4 heteroatoms. The fraction of sp³-hybridized carbons (Fsp3) is 0. The Morgan fingerprint density at radius 1 is 1.36 bits per heavy atom. The van der Waals surface area contributed by atoms with Gasteiger partial charge in [-0.3, -0.25) is 0 Å². The summed E-state index contributed by atoms with van der Waals surface area (Å²) in [6.45, 7) is 0. The van der Waals surface area contributed by atoms with Gasteiger partial charge in [0.1, 0.15) is 5.75 Å². The van der Waals surface area contributed by atoms with Gasteiger partial charge in [-0.15, -0.1) is 0 Å². The number of hydrogen-bond acceptors (Lipinski definition) is 3.